The molecule has 2 N–H and O–H groups in total. The van der Waals surface area contributed by atoms with Gasteiger partial charge in [0, 0.05) is 18.5 Å². The van der Waals surface area contributed by atoms with Crippen molar-refractivity contribution in [1.82, 2.24) is 5.32 Å². The minimum Gasteiger partial charge on any atom is -0.494 e. The molecular weight excluding hydrogens is 259 g/mol. The van der Waals surface area contributed by atoms with Crippen LogP contribution >= 0.6 is 0 Å². The summed E-state index contributed by atoms with van der Waals surface area (Å²) in [6, 6.07) is 4.29. The molecule has 2 unspecified atom stereocenters. The van der Waals surface area contributed by atoms with Crippen molar-refractivity contribution in [3.05, 3.63) is 24.0 Å². The van der Waals surface area contributed by atoms with Crippen LogP contribution in [0.2, 0.25) is 0 Å². The van der Waals surface area contributed by atoms with Crippen molar-refractivity contribution in [2.24, 2.45) is 5.92 Å². The first kappa shape index (κ1) is 14.8. The number of hydrogen-bond acceptors (Lipinski definition) is 3. The van der Waals surface area contributed by atoms with E-state index >= 15 is 0 Å². The van der Waals surface area contributed by atoms with Crippen LogP contribution in [0.25, 0.3) is 0 Å². The molecule has 0 saturated carbocycles. The molecule has 110 valence electrons. The third-order valence-electron chi connectivity index (χ3n) is 3.77. The van der Waals surface area contributed by atoms with Crippen molar-refractivity contribution in [2.45, 2.75) is 32.2 Å². The van der Waals surface area contributed by atoms with Crippen LogP contribution in [0.15, 0.2) is 18.2 Å². The maximum Gasteiger partial charge on any atom is 0.226 e. The van der Waals surface area contributed by atoms with E-state index in [2.05, 4.69) is 17.6 Å². The minimum atomic E-state index is -0.387. The van der Waals surface area contributed by atoms with Gasteiger partial charge in [-0.25, -0.2) is 4.39 Å². The van der Waals surface area contributed by atoms with Crippen LogP contribution < -0.4 is 15.4 Å². The van der Waals surface area contributed by atoms with Gasteiger partial charge >= 0.3 is 0 Å². The third kappa shape index (κ3) is 3.70. The summed E-state index contributed by atoms with van der Waals surface area (Å²) in [6.45, 7) is 3.12. The van der Waals surface area contributed by atoms with Gasteiger partial charge in [0.1, 0.15) is 11.6 Å². The van der Waals surface area contributed by atoms with Crippen LogP contribution in [0.5, 0.6) is 5.75 Å². The molecule has 1 saturated heterocycles. The normalized spacial score (nSPS) is 22.4. The van der Waals surface area contributed by atoms with Gasteiger partial charge in [-0.2, -0.15) is 0 Å². The molecule has 0 aliphatic carbocycles. The van der Waals surface area contributed by atoms with Crippen molar-refractivity contribution in [3.63, 3.8) is 0 Å². The molecular formula is C15H21FN2O2. The zero-order valence-electron chi connectivity index (χ0n) is 11.9. The molecule has 1 fully saturated rings. The first-order valence-electron chi connectivity index (χ1n) is 6.97. The second-order valence-corrected chi connectivity index (χ2v) is 5.28. The van der Waals surface area contributed by atoms with Gasteiger partial charge in [-0.3, -0.25) is 4.79 Å². The molecule has 1 amide bonds. The van der Waals surface area contributed by atoms with Gasteiger partial charge in [-0.1, -0.05) is 6.92 Å². The fraction of sp³-hybridized carbons (Fsp3) is 0.533. The summed E-state index contributed by atoms with van der Waals surface area (Å²) in [5, 5.41) is 6.16. The van der Waals surface area contributed by atoms with E-state index in [4.69, 9.17) is 4.74 Å². The molecule has 0 spiro atoms. The SMILES string of the molecule is COc1cc(F)ccc1NC(=O)CC1NCCCC1C. The lowest BCUT2D eigenvalue weighted by Gasteiger charge is -2.29. The maximum atomic E-state index is 13.1. The van der Waals surface area contributed by atoms with Crippen LogP contribution in [0, 0.1) is 11.7 Å². The van der Waals surface area contributed by atoms with Crippen LogP contribution in [0.4, 0.5) is 10.1 Å². The van der Waals surface area contributed by atoms with E-state index in [1.54, 1.807) is 0 Å². The summed E-state index contributed by atoms with van der Waals surface area (Å²) >= 11 is 0. The topological polar surface area (TPSA) is 50.4 Å². The molecule has 5 heteroatoms. The predicted molar refractivity (Wildman–Crippen MR) is 76.4 cm³/mol. The standard InChI is InChI=1S/C15H21FN2O2/c1-10-4-3-7-17-13(10)9-15(19)18-12-6-5-11(16)8-14(12)20-2/h5-6,8,10,13,17H,3-4,7,9H2,1-2H3,(H,18,19). The molecule has 1 aromatic carbocycles. The average molecular weight is 280 g/mol. The summed E-state index contributed by atoms with van der Waals surface area (Å²) in [6.07, 6.45) is 2.72. The second kappa shape index (κ2) is 6.70. The predicted octanol–water partition coefficient (Wildman–Crippen LogP) is 2.55. The Labute approximate surface area is 118 Å². The van der Waals surface area contributed by atoms with Crippen molar-refractivity contribution in [1.29, 1.82) is 0 Å². The number of hydrogen-bond donors (Lipinski definition) is 2. The largest absolute Gasteiger partial charge is 0.494 e. The number of methoxy groups -OCH3 is 1. The Balaban J connectivity index is 1.97. The number of carbonyl (C=O) groups excluding carboxylic acids is 1. The van der Waals surface area contributed by atoms with Crippen molar-refractivity contribution >= 4 is 11.6 Å². The van der Waals surface area contributed by atoms with Crippen molar-refractivity contribution < 1.29 is 13.9 Å². The van der Waals surface area contributed by atoms with Gasteiger partial charge in [0.25, 0.3) is 0 Å². The zero-order valence-corrected chi connectivity index (χ0v) is 11.9. The molecule has 1 aliphatic rings. The highest BCUT2D eigenvalue weighted by Gasteiger charge is 2.23. The zero-order chi connectivity index (χ0) is 14.5. The van der Waals surface area contributed by atoms with E-state index in [0.717, 1.165) is 19.4 Å². The summed E-state index contributed by atoms with van der Waals surface area (Å²) in [5.41, 5.74) is 0.502. The molecule has 20 heavy (non-hydrogen) atoms. The Kier molecular flexibility index (Phi) is 4.95. The minimum absolute atomic E-state index is 0.0823. The Morgan fingerprint density at radius 1 is 1.55 bits per heavy atom. The summed E-state index contributed by atoms with van der Waals surface area (Å²) in [5.74, 6) is 0.358. The molecule has 0 aromatic heterocycles. The molecule has 2 rings (SSSR count). The number of carbonyl (C=O) groups is 1. The number of nitrogens with one attached hydrogen (secondary N) is 2. The molecule has 2 atom stereocenters. The van der Waals surface area contributed by atoms with E-state index in [-0.39, 0.29) is 17.8 Å². The first-order valence-corrected chi connectivity index (χ1v) is 6.97. The fourth-order valence-corrected chi connectivity index (χ4v) is 2.56. The van der Waals surface area contributed by atoms with E-state index in [1.807, 2.05) is 0 Å². The highest BCUT2D eigenvalue weighted by atomic mass is 19.1. The lowest BCUT2D eigenvalue weighted by Crippen LogP contribution is -2.42. The van der Waals surface area contributed by atoms with Crippen molar-refractivity contribution in [3.8, 4) is 5.75 Å². The van der Waals surface area contributed by atoms with E-state index < -0.39 is 0 Å². The van der Waals surface area contributed by atoms with E-state index in [1.165, 1.54) is 25.3 Å². The Morgan fingerprint density at radius 2 is 2.35 bits per heavy atom. The molecule has 1 aliphatic heterocycles. The number of ether oxygens (including phenoxy) is 1. The van der Waals surface area contributed by atoms with Crippen LogP contribution in [-0.2, 0) is 4.79 Å². The highest BCUT2D eigenvalue weighted by Crippen LogP contribution is 2.25. The molecule has 0 bridgehead atoms. The Hall–Kier alpha value is -1.62. The summed E-state index contributed by atoms with van der Waals surface area (Å²) in [7, 11) is 1.45. The average Bonchev–Trinajstić information content (AvgIpc) is 2.43. The van der Waals surface area contributed by atoms with Crippen LogP contribution in [0.3, 0.4) is 0 Å². The van der Waals surface area contributed by atoms with E-state index in [0.29, 0.717) is 23.8 Å². The smallest absolute Gasteiger partial charge is 0.226 e. The van der Waals surface area contributed by atoms with Gasteiger partial charge in [0.05, 0.1) is 12.8 Å². The molecule has 0 radical (unpaired) electrons. The quantitative estimate of drug-likeness (QED) is 0.891. The monoisotopic (exact) mass is 280 g/mol. The molecule has 1 aromatic rings. The highest BCUT2D eigenvalue weighted by molar-refractivity contribution is 5.92. The lowest BCUT2D eigenvalue weighted by molar-refractivity contribution is -0.117. The Morgan fingerprint density at radius 3 is 3.05 bits per heavy atom. The maximum absolute atomic E-state index is 13.1. The third-order valence-corrected chi connectivity index (χ3v) is 3.77. The number of anilines is 1. The number of amides is 1. The second-order valence-electron chi connectivity index (χ2n) is 5.28. The van der Waals surface area contributed by atoms with Crippen LogP contribution in [-0.4, -0.2) is 25.6 Å². The van der Waals surface area contributed by atoms with Crippen LogP contribution in [0.1, 0.15) is 26.2 Å². The van der Waals surface area contributed by atoms with Gasteiger partial charge < -0.3 is 15.4 Å². The van der Waals surface area contributed by atoms with Crippen molar-refractivity contribution in [2.75, 3.05) is 19.0 Å². The fourth-order valence-electron chi connectivity index (χ4n) is 2.56. The number of halogens is 1. The van der Waals surface area contributed by atoms with Gasteiger partial charge in [0.2, 0.25) is 5.91 Å². The van der Waals surface area contributed by atoms with Gasteiger partial charge in [0.15, 0.2) is 0 Å². The van der Waals surface area contributed by atoms with E-state index in [9.17, 15) is 9.18 Å². The number of benzene rings is 1. The number of piperidine rings is 1. The molecule has 1 heterocycles. The summed E-state index contributed by atoms with van der Waals surface area (Å²) in [4.78, 5) is 12.1. The van der Waals surface area contributed by atoms with Gasteiger partial charge in [-0.15, -0.1) is 0 Å². The first-order chi connectivity index (χ1) is 9.60. The summed E-state index contributed by atoms with van der Waals surface area (Å²) < 4.78 is 18.2. The number of rotatable bonds is 4. The lowest BCUT2D eigenvalue weighted by atomic mass is 9.90. The Bertz CT molecular complexity index is 479. The van der Waals surface area contributed by atoms with Gasteiger partial charge in [-0.05, 0) is 37.4 Å². The molecule has 4 nitrogen and oxygen atoms in total.